The van der Waals surface area contributed by atoms with Crippen LogP contribution in [0.4, 0.5) is 11.4 Å². The van der Waals surface area contributed by atoms with Crippen LogP contribution in [-0.2, 0) is 4.79 Å². The maximum absolute atomic E-state index is 12.6. The van der Waals surface area contributed by atoms with E-state index in [1.807, 2.05) is 66.2 Å². The molecule has 3 aromatic rings. The maximum atomic E-state index is 12.6. The van der Waals surface area contributed by atoms with E-state index >= 15 is 0 Å². The lowest BCUT2D eigenvalue weighted by Crippen LogP contribution is -2.35. The summed E-state index contributed by atoms with van der Waals surface area (Å²) in [6.45, 7) is 2.85. The van der Waals surface area contributed by atoms with Crippen molar-refractivity contribution in [2.45, 2.75) is 25.8 Å². The zero-order valence-electron chi connectivity index (χ0n) is 15.2. The van der Waals surface area contributed by atoms with E-state index in [2.05, 4.69) is 20.8 Å². The summed E-state index contributed by atoms with van der Waals surface area (Å²) in [5, 5.41) is 15.2. The number of amides is 1. The first kappa shape index (κ1) is 17.2. The molecule has 1 heterocycles. The zero-order valence-corrected chi connectivity index (χ0v) is 15.2. The smallest absolute Gasteiger partial charge is 0.246 e. The van der Waals surface area contributed by atoms with Crippen molar-refractivity contribution in [2.24, 2.45) is 0 Å². The lowest BCUT2D eigenvalue weighted by atomic mass is 10.2. The predicted molar refractivity (Wildman–Crippen MR) is 104 cm³/mol. The molecule has 0 radical (unpaired) electrons. The highest BCUT2D eigenvalue weighted by atomic mass is 16.2. The molecule has 1 amide bonds. The second kappa shape index (κ2) is 7.57. The average molecular weight is 362 g/mol. The summed E-state index contributed by atoms with van der Waals surface area (Å²) >= 11 is 0. The van der Waals surface area contributed by atoms with Gasteiger partial charge in [0.05, 0.1) is 12.6 Å². The van der Waals surface area contributed by atoms with Gasteiger partial charge in [-0.1, -0.05) is 18.2 Å². The van der Waals surface area contributed by atoms with E-state index in [4.69, 9.17) is 0 Å². The zero-order chi connectivity index (χ0) is 18.6. The van der Waals surface area contributed by atoms with Crippen molar-refractivity contribution in [3.63, 3.8) is 0 Å². The van der Waals surface area contributed by atoms with E-state index in [-0.39, 0.29) is 12.5 Å². The van der Waals surface area contributed by atoms with E-state index < -0.39 is 0 Å². The van der Waals surface area contributed by atoms with Crippen LogP contribution in [0.1, 0.15) is 25.8 Å². The molecule has 1 saturated carbocycles. The molecule has 1 aromatic heterocycles. The normalized spacial score (nSPS) is 13.4. The number of carbonyl (C=O) groups is 1. The molecule has 27 heavy (non-hydrogen) atoms. The summed E-state index contributed by atoms with van der Waals surface area (Å²) in [6.07, 6.45) is 2.27. The lowest BCUT2D eigenvalue weighted by Gasteiger charge is -2.21. The van der Waals surface area contributed by atoms with Gasteiger partial charge in [0.1, 0.15) is 0 Å². The van der Waals surface area contributed by atoms with Crippen LogP contribution in [0.5, 0.6) is 0 Å². The Hall–Kier alpha value is -3.22. The molecule has 7 heteroatoms. The Morgan fingerprint density at radius 3 is 2.56 bits per heavy atom. The molecule has 0 saturated heterocycles. The van der Waals surface area contributed by atoms with Crippen LogP contribution in [0.2, 0.25) is 0 Å². The third kappa shape index (κ3) is 3.81. The Labute approximate surface area is 158 Å². The number of anilines is 2. The molecule has 0 unspecified atom stereocenters. The number of benzene rings is 2. The summed E-state index contributed by atoms with van der Waals surface area (Å²) in [4.78, 5) is 14.3. The van der Waals surface area contributed by atoms with Crippen LogP contribution >= 0.6 is 0 Å². The first-order chi connectivity index (χ1) is 13.3. The van der Waals surface area contributed by atoms with Crippen molar-refractivity contribution in [3.05, 3.63) is 54.6 Å². The molecular weight excluding hydrogens is 340 g/mol. The third-order valence-electron chi connectivity index (χ3n) is 4.66. The van der Waals surface area contributed by atoms with Gasteiger partial charge in [0, 0.05) is 23.5 Å². The largest absolute Gasteiger partial charge is 0.376 e. The van der Waals surface area contributed by atoms with Gasteiger partial charge >= 0.3 is 0 Å². The Bertz CT molecular complexity index is 902. The molecule has 0 atom stereocenters. The van der Waals surface area contributed by atoms with Crippen molar-refractivity contribution in [2.75, 3.05) is 23.3 Å². The third-order valence-corrected chi connectivity index (χ3v) is 4.66. The molecule has 1 aliphatic rings. The highest BCUT2D eigenvalue weighted by Gasteiger charge is 2.28. The lowest BCUT2D eigenvalue weighted by molar-refractivity contribution is -0.116. The SMILES string of the molecule is CCN(C(=O)CNc1ccc(-c2nnnn2C2CC2)cc1)c1ccccc1. The number of carbonyl (C=O) groups excluding carboxylic acids is 1. The number of para-hydroxylation sites is 1. The number of rotatable bonds is 7. The Kier molecular flexibility index (Phi) is 4.82. The minimum atomic E-state index is 0.0328. The van der Waals surface area contributed by atoms with Crippen LogP contribution in [0.25, 0.3) is 11.4 Å². The summed E-state index contributed by atoms with van der Waals surface area (Å²) < 4.78 is 1.89. The van der Waals surface area contributed by atoms with Gasteiger partial charge in [-0.25, -0.2) is 4.68 Å². The van der Waals surface area contributed by atoms with Crippen LogP contribution in [0.3, 0.4) is 0 Å². The Morgan fingerprint density at radius 2 is 1.89 bits per heavy atom. The molecule has 138 valence electrons. The van der Waals surface area contributed by atoms with E-state index in [9.17, 15) is 4.79 Å². The molecule has 0 spiro atoms. The van der Waals surface area contributed by atoms with Gasteiger partial charge in [0.15, 0.2) is 5.82 Å². The molecule has 7 nitrogen and oxygen atoms in total. The number of likely N-dealkylation sites (N-methyl/N-ethyl adjacent to an activating group) is 1. The number of aromatic nitrogens is 4. The Morgan fingerprint density at radius 1 is 1.15 bits per heavy atom. The molecule has 1 N–H and O–H groups in total. The number of nitrogens with one attached hydrogen (secondary N) is 1. The highest BCUT2D eigenvalue weighted by molar-refractivity contribution is 5.96. The van der Waals surface area contributed by atoms with E-state index in [1.165, 1.54) is 0 Å². The second-order valence-corrected chi connectivity index (χ2v) is 6.58. The highest BCUT2D eigenvalue weighted by Crippen LogP contribution is 2.36. The van der Waals surface area contributed by atoms with E-state index in [0.717, 1.165) is 35.6 Å². The monoisotopic (exact) mass is 362 g/mol. The molecule has 1 fully saturated rings. The fourth-order valence-corrected chi connectivity index (χ4v) is 3.07. The molecule has 0 aliphatic heterocycles. The van der Waals surface area contributed by atoms with Crippen LogP contribution in [0, 0.1) is 0 Å². The van der Waals surface area contributed by atoms with Gasteiger partial charge in [-0.15, -0.1) is 5.10 Å². The summed E-state index contributed by atoms with van der Waals surface area (Å²) in [5.41, 5.74) is 2.78. The molecular formula is C20H22N6O. The van der Waals surface area contributed by atoms with E-state index in [1.54, 1.807) is 4.90 Å². The quantitative estimate of drug-likeness (QED) is 0.699. The van der Waals surface area contributed by atoms with Gasteiger partial charge in [-0.05, 0) is 66.6 Å². The molecule has 0 bridgehead atoms. The van der Waals surface area contributed by atoms with Gasteiger partial charge in [-0.2, -0.15) is 0 Å². The van der Waals surface area contributed by atoms with E-state index in [0.29, 0.717) is 12.6 Å². The van der Waals surface area contributed by atoms with Crippen LogP contribution in [0.15, 0.2) is 54.6 Å². The molecule has 1 aliphatic carbocycles. The number of hydrogen-bond donors (Lipinski definition) is 1. The minimum Gasteiger partial charge on any atom is -0.376 e. The van der Waals surface area contributed by atoms with Crippen molar-refractivity contribution in [1.82, 2.24) is 20.2 Å². The number of nitrogens with zero attached hydrogens (tertiary/aromatic N) is 5. The van der Waals surface area contributed by atoms with Crippen molar-refractivity contribution < 1.29 is 4.79 Å². The predicted octanol–water partition coefficient (Wildman–Crippen LogP) is 3.14. The summed E-state index contributed by atoms with van der Waals surface area (Å²) in [5.74, 6) is 0.826. The first-order valence-electron chi connectivity index (χ1n) is 9.24. The van der Waals surface area contributed by atoms with Gasteiger partial charge in [-0.3, -0.25) is 4.79 Å². The second-order valence-electron chi connectivity index (χ2n) is 6.58. The standard InChI is InChI=1S/C20H22N6O/c1-2-25(17-6-4-3-5-7-17)19(27)14-21-16-10-8-15(9-11-16)20-22-23-24-26(20)18-12-13-18/h3-11,18,21H,2,12-14H2,1H3. The van der Waals surface area contributed by atoms with Crippen LogP contribution < -0.4 is 10.2 Å². The maximum Gasteiger partial charge on any atom is 0.246 e. The average Bonchev–Trinajstić information content (AvgIpc) is 3.45. The van der Waals surface area contributed by atoms with Crippen molar-refractivity contribution in [1.29, 1.82) is 0 Å². The Balaban J connectivity index is 1.40. The fourth-order valence-electron chi connectivity index (χ4n) is 3.07. The summed E-state index contributed by atoms with van der Waals surface area (Å²) in [6, 6.07) is 18.0. The van der Waals surface area contributed by atoms with Crippen LogP contribution in [-0.4, -0.2) is 39.2 Å². The topological polar surface area (TPSA) is 75.9 Å². The fraction of sp³-hybridized carbons (Fsp3) is 0.300. The molecule has 2 aromatic carbocycles. The van der Waals surface area contributed by atoms with Gasteiger partial charge in [0.25, 0.3) is 0 Å². The minimum absolute atomic E-state index is 0.0328. The first-order valence-corrected chi connectivity index (χ1v) is 9.24. The summed E-state index contributed by atoms with van der Waals surface area (Å²) in [7, 11) is 0. The van der Waals surface area contributed by atoms with Crippen molar-refractivity contribution in [3.8, 4) is 11.4 Å². The molecule has 4 rings (SSSR count). The van der Waals surface area contributed by atoms with Gasteiger partial charge in [0.2, 0.25) is 5.91 Å². The van der Waals surface area contributed by atoms with Crippen molar-refractivity contribution >= 4 is 17.3 Å². The number of tetrazole rings is 1. The van der Waals surface area contributed by atoms with Gasteiger partial charge < -0.3 is 10.2 Å². The number of hydrogen-bond acceptors (Lipinski definition) is 5.